The Morgan fingerprint density at radius 1 is 1.14 bits per heavy atom. The van der Waals surface area contributed by atoms with E-state index in [0.717, 1.165) is 55.0 Å². The van der Waals surface area contributed by atoms with Crippen molar-refractivity contribution in [2.45, 2.75) is 32.9 Å². The van der Waals surface area contributed by atoms with Gasteiger partial charge in [-0.15, -0.1) is 0 Å². The van der Waals surface area contributed by atoms with Gasteiger partial charge in [0, 0.05) is 48.0 Å². The van der Waals surface area contributed by atoms with Crippen LogP contribution < -0.4 is 24.8 Å². The third-order valence-corrected chi connectivity index (χ3v) is 6.52. The first kappa shape index (κ1) is 25.6. The lowest BCUT2D eigenvalue weighted by molar-refractivity contribution is 0.0357. The standard InChI is InChI=1S/C27H32BrN5O4/c1-18(2)36-24-15-22-19(13-23(24)35-10-4-7-33-8-11-34-12-9-33)16-29-25-26(30-17-31-27(25)37-22)32-21-6-3-5-20(28)14-21/h3,5-6,13-15,17-18,29H,4,7-12,16H2,1-2H3,(H,30,31,32). The molecule has 2 aliphatic heterocycles. The summed E-state index contributed by atoms with van der Waals surface area (Å²) in [7, 11) is 0. The van der Waals surface area contributed by atoms with Gasteiger partial charge < -0.3 is 29.6 Å². The van der Waals surface area contributed by atoms with Gasteiger partial charge in [-0.25, -0.2) is 4.98 Å². The molecule has 0 spiro atoms. The van der Waals surface area contributed by atoms with Crippen molar-refractivity contribution in [2.75, 3.05) is 50.1 Å². The van der Waals surface area contributed by atoms with Crippen LogP contribution in [0.25, 0.3) is 0 Å². The third kappa shape index (κ3) is 6.63. The Morgan fingerprint density at radius 3 is 2.81 bits per heavy atom. The second-order valence-electron chi connectivity index (χ2n) is 9.22. The van der Waals surface area contributed by atoms with Crippen molar-refractivity contribution in [1.29, 1.82) is 0 Å². The molecule has 0 aliphatic carbocycles. The highest BCUT2D eigenvalue weighted by Gasteiger charge is 2.23. The minimum absolute atomic E-state index is 0.00624. The van der Waals surface area contributed by atoms with Crippen LogP contribution in [0.15, 0.2) is 47.2 Å². The van der Waals surface area contributed by atoms with Gasteiger partial charge in [0.15, 0.2) is 17.3 Å². The molecule has 0 atom stereocenters. The van der Waals surface area contributed by atoms with Crippen molar-refractivity contribution in [3.63, 3.8) is 0 Å². The molecule has 37 heavy (non-hydrogen) atoms. The Balaban J connectivity index is 1.33. The number of halogens is 1. The van der Waals surface area contributed by atoms with E-state index in [-0.39, 0.29) is 6.10 Å². The maximum atomic E-state index is 6.27. The number of fused-ring (bicyclic) bond motifs is 2. The Hall–Kier alpha value is -3.08. The van der Waals surface area contributed by atoms with Crippen LogP contribution in [0.1, 0.15) is 25.8 Å². The van der Waals surface area contributed by atoms with Gasteiger partial charge in [0.2, 0.25) is 5.88 Å². The van der Waals surface area contributed by atoms with Gasteiger partial charge in [-0.2, -0.15) is 4.98 Å². The molecule has 1 aromatic heterocycles. The van der Waals surface area contributed by atoms with E-state index in [1.165, 1.54) is 6.33 Å². The lowest BCUT2D eigenvalue weighted by atomic mass is 10.1. The molecule has 2 N–H and O–H groups in total. The number of hydrogen-bond donors (Lipinski definition) is 2. The number of benzene rings is 2. The van der Waals surface area contributed by atoms with Crippen LogP contribution in [0.4, 0.5) is 17.2 Å². The summed E-state index contributed by atoms with van der Waals surface area (Å²) >= 11 is 3.51. The molecule has 196 valence electrons. The van der Waals surface area contributed by atoms with Gasteiger partial charge in [0.05, 0.1) is 25.9 Å². The van der Waals surface area contributed by atoms with Gasteiger partial charge in [-0.3, -0.25) is 4.90 Å². The Kier molecular flexibility index (Phi) is 8.28. The molecule has 0 saturated carbocycles. The second kappa shape index (κ2) is 12.0. The minimum atomic E-state index is -0.00624. The molecule has 2 aromatic carbocycles. The molecule has 0 radical (unpaired) electrons. The number of morpholine rings is 1. The summed E-state index contributed by atoms with van der Waals surface area (Å²) in [6, 6.07) is 11.8. The molecule has 0 amide bonds. The smallest absolute Gasteiger partial charge is 0.248 e. The summed E-state index contributed by atoms with van der Waals surface area (Å²) in [6.45, 7) is 9.67. The van der Waals surface area contributed by atoms with Gasteiger partial charge in [0.1, 0.15) is 17.8 Å². The number of anilines is 3. The summed E-state index contributed by atoms with van der Waals surface area (Å²) in [6.07, 6.45) is 2.41. The van der Waals surface area contributed by atoms with Gasteiger partial charge >= 0.3 is 0 Å². The molecular formula is C27H32BrN5O4. The van der Waals surface area contributed by atoms with E-state index in [1.54, 1.807) is 0 Å². The average Bonchev–Trinajstić information content (AvgIpc) is 3.06. The molecule has 3 aromatic rings. The zero-order chi connectivity index (χ0) is 25.6. The summed E-state index contributed by atoms with van der Waals surface area (Å²) in [5, 5.41) is 6.80. The van der Waals surface area contributed by atoms with E-state index in [0.29, 0.717) is 47.8 Å². The van der Waals surface area contributed by atoms with Crippen LogP contribution in [0.5, 0.6) is 23.1 Å². The summed E-state index contributed by atoms with van der Waals surface area (Å²) < 4.78 is 25.0. The van der Waals surface area contributed by atoms with Crippen LogP contribution in [0, 0.1) is 0 Å². The molecule has 1 fully saturated rings. The zero-order valence-electron chi connectivity index (χ0n) is 21.1. The monoisotopic (exact) mass is 569 g/mol. The largest absolute Gasteiger partial charge is 0.490 e. The fourth-order valence-corrected chi connectivity index (χ4v) is 4.66. The van der Waals surface area contributed by atoms with E-state index >= 15 is 0 Å². The van der Waals surface area contributed by atoms with E-state index in [4.69, 9.17) is 18.9 Å². The van der Waals surface area contributed by atoms with Crippen molar-refractivity contribution in [2.24, 2.45) is 0 Å². The highest BCUT2D eigenvalue weighted by atomic mass is 79.9. The first-order chi connectivity index (χ1) is 18.0. The quantitative estimate of drug-likeness (QED) is 0.320. The highest BCUT2D eigenvalue weighted by molar-refractivity contribution is 9.10. The van der Waals surface area contributed by atoms with Crippen LogP contribution >= 0.6 is 15.9 Å². The molecule has 3 heterocycles. The Labute approximate surface area is 225 Å². The van der Waals surface area contributed by atoms with Crippen molar-refractivity contribution in [1.82, 2.24) is 14.9 Å². The van der Waals surface area contributed by atoms with Crippen molar-refractivity contribution in [3.05, 3.63) is 52.8 Å². The molecular weight excluding hydrogens is 538 g/mol. The van der Waals surface area contributed by atoms with Crippen molar-refractivity contribution >= 4 is 33.1 Å². The number of ether oxygens (including phenoxy) is 4. The normalized spacial score (nSPS) is 15.1. The molecule has 0 unspecified atom stereocenters. The topological polar surface area (TPSA) is 90.0 Å². The first-order valence-corrected chi connectivity index (χ1v) is 13.4. The van der Waals surface area contributed by atoms with E-state index < -0.39 is 0 Å². The Morgan fingerprint density at radius 2 is 2.00 bits per heavy atom. The minimum Gasteiger partial charge on any atom is -0.490 e. The second-order valence-corrected chi connectivity index (χ2v) is 10.1. The van der Waals surface area contributed by atoms with E-state index in [2.05, 4.69) is 41.4 Å². The van der Waals surface area contributed by atoms with Crippen molar-refractivity contribution < 1.29 is 18.9 Å². The number of nitrogens with zero attached hydrogens (tertiary/aromatic N) is 3. The lowest BCUT2D eigenvalue weighted by Gasteiger charge is -2.26. The Bertz CT molecular complexity index is 1220. The van der Waals surface area contributed by atoms with Crippen LogP contribution in [-0.4, -0.2) is 60.4 Å². The fraction of sp³-hybridized carbons (Fsp3) is 0.407. The summed E-state index contributed by atoms with van der Waals surface area (Å²) in [4.78, 5) is 11.2. The molecule has 5 rings (SSSR count). The SMILES string of the molecule is CC(C)Oc1cc2c(cc1OCCCN1CCOCC1)CNc1c(Nc3cccc(Br)c3)ncnc1O2. The zero-order valence-corrected chi connectivity index (χ0v) is 22.7. The molecule has 9 nitrogen and oxygen atoms in total. The average molecular weight is 570 g/mol. The van der Waals surface area contributed by atoms with Crippen LogP contribution in [-0.2, 0) is 11.3 Å². The van der Waals surface area contributed by atoms with Gasteiger partial charge in [-0.1, -0.05) is 22.0 Å². The van der Waals surface area contributed by atoms with Crippen molar-refractivity contribution in [3.8, 4) is 23.1 Å². The number of hydrogen-bond acceptors (Lipinski definition) is 9. The predicted octanol–water partition coefficient (Wildman–Crippen LogP) is 5.59. The molecule has 10 heteroatoms. The highest BCUT2D eigenvalue weighted by Crippen LogP contribution is 2.43. The number of aromatic nitrogens is 2. The molecule has 2 aliphatic rings. The maximum Gasteiger partial charge on any atom is 0.248 e. The van der Waals surface area contributed by atoms with Crippen LogP contribution in [0.2, 0.25) is 0 Å². The van der Waals surface area contributed by atoms with Crippen LogP contribution in [0.3, 0.4) is 0 Å². The summed E-state index contributed by atoms with van der Waals surface area (Å²) in [5.41, 5.74) is 2.54. The number of rotatable bonds is 9. The van der Waals surface area contributed by atoms with Gasteiger partial charge in [-0.05, 0) is 44.5 Å². The predicted molar refractivity (Wildman–Crippen MR) is 146 cm³/mol. The molecule has 1 saturated heterocycles. The van der Waals surface area contributed by atoms with E-state index in [1.807, 2.05) is 50.2 Å². The van der Waals surface area contributed by atoms with Gasteiger partial charge in [0.25, 0.3) is 0 Å². The lowest BCUT2D eigenvalue weighted by Crippen LogP contribution is -2.37. The van der Waals surface area contributed by atoms with E-state index in [9.17, 15) is 0 Å². The summed E-state index contributed by atoms with van der Waals surface area (Å²) in [5.74, 6) is 3.12. The maximum absolute atomic E-state index is 6.27. The first-order valence-electron chi connectivity index (χ1n) is 12.6. The third-order valence-electron chi connectivity index (χ3n) is 6.03. The number of nitrogens with one attached hydrogen (secondary N) is 2. The molecule has 0 bridgehead atoms. The fourth-order valence-electron chi connectivity index (χ4n) is 4.26.